The fraction of sp³-hybridized carbons (Fsp3) is 0.733. The maximum Gasteiger partial charge on any atom is 0.347 e. The number of ether oxygens (including phenoxy) is 1. The average Bonchev–Trinajstić information content (AvgIpc) is 2.85. The molecule has 5 nitrogen and oxygen atoms in total. The van der Waals surface area contributed by atoms with E-state index < -0.39 is 5.97 Å². The van der Waals surface area contributed by atoms with E-state index in [9.17, 15) is 9.90 Å². The second-order valence-electron chi connectivity index (χ2n) is 6.69. The number of aromatic carboxylic acids is 1. The minimum absolute atomic E-state index is 0.267. The number of nitrogens with zero attached hydrogens (tertiary/aromatic N) is 2. The Morgan fingerprint density at radius 1 is 1.52 bits per heavy atom. The number of rotatable bonds is 4. The molecule has 2 heterocycles. The lowest BCUT2D eigenvalue weighted by Crippen LogP contribution is -2.30. The minimum atomic E-state index is -0.891. The van der Waals surface area contributed by atoms with Crippen LogP contribution in [0.3, 0.4) is 0 Å². The molecule has 0 spiro atoms. The summed E-state index contributed by atoms with van der Waals surface area (Å²) in [4.78, 5) is 18.4. The number of carboxylic acid groups (broad SMARTS) is 1. The first kappa shape index (κ1) is 16.2. The van der Waals surface area contributed by atoms with Crippen molar-refractivity contribution in [1.29, 1.82) is 0 Å². The van der Waals surface area contributed by atoms with E-state index >= 15 is 0 Å². The van der Waals surface area contributed by atoms with Crippen molar-refractivity contribution in [1.82, 2.24) is 4.98 Å². The first-order valence-electron chi connectivity index (χ1n) is 7.32. The first-order valence-corrected chi connectivity index (χ1v) is 8.14. The van der Waals surface area contributed by atoms with Crippen molar-refractivity contribution < 1.29 is 14.6 Å². The van der Waals surface area contributed by atoms with E-state index in [1.54, 1.807) is 0 Å². The molecule has 1 unspecified atom stereocenters. The summed E-state index contributed by atoms with van der Waals surface area (Å²) in [7, 11) is 1.98. The predicted octanol–water partition coefficient (Wildman–Crippen LogP) is 3.00. The highest BCUT2D eigenvalue weighted by molar-refractivity contribution is 7.17. The molecule has 21 heavy (non-hydrogen) atoms. The summed E-state index contributed by atoms with van der Waals surface area (Å²) in [5.41, 5.74) is 0.402. The molecule has 2 rings (SSSR count). The van der Waals surface area contributed by atoms with Crippen LogP contribution in [-0.2, 0) is 10.2 Å². The summed E-state index contributed by atoms with van der Waals surface area (Å²) in [5.74, 6) is -0.392. The van der Waals surface area contributed by atoms with Gasteiger partial charge in [0.25, 0.3) is 0 Å². The Labute approximate surface area is 129 Å². The van der Waals surface area contributed by atoms with Crippen LogP contribution >= 0.6 is 11.3 Å². The van der Waals surface area contributed by atoms with Crippen LogP contribution in [0.25, 0.3) is 0 Å². The van der Waals surface area contributed by atoms with Gasteiger partial charge in [-0.05, 0) is 18.8 Å². The Bertz CT molecular complexity index is 502. The van der Waals surface area contributed by atoms with Gasteiger partial charge in [-0.25, -0.2) is 9.78 Å². The summed E-state index contributed by atoms with van der Waals surface area (Å²) in [5, 5.41) is 10.2. The molecule has 1 aromatic rings. The number of carboxylic acids is 1. The van der Waals surface area contributed by atoms with E-state index in [-0.39, 0.29) is 5.41 Å². The van der Waals surface area contributed by atoms with Gasteiger partial charge >= 0.3 is 5.97 Å². The Hall–Kier alpha value is -1.14. The van der Waals surface area contributed by atoms with Gasteiger partial charge in [-0.1, -0.05) is 32.1 Å². The van der Waals surface area contributed by atoms with Crippen LogP contribution < -0.4 is 4.90 Å². The first-order chi connectivity index (χ1) is 9.79. The van der Waals surface area contributed by atoms with E-state index in [1.807, 2.05) is 27.8 Å². The van der Waals surface area contributed by atoms with E-state index in [0.717, 1.165) is 37.7 Å². The van der Waals surface area contributed by atoms with Crippen LogP contribution in [0.2, 0.25) is 0 Å². The smallest absolute Gasteiger partial charge is 0.347 e. The van der Waals surface area contributed by atoms with Gasteiger partial charge in [0.2, 0.25) is 0 Å². The topological polar surface area (TPSA) is 62.7 Å². The molecule has 1 aliphatic rings. The zero-order valence-corrected chi connectivity index (χ0v) is 14.0. The quantitative estimate of drug-likeness (QED) is 0.926. The summed E-state index contributed by atoms with van der Waals surface area (Å²) in [6, 6.07) is 0. The third-order valence-electron chi connectivity index (χ3n) is 3.63. The fourth-order valence-corrected chi connectivity index (χ4v) is 3.63. The molecule has 1 saturated heterocycles. The number of hydrogen-bond donors (Lipinski definition) is 1. The standard InChI is InChI=1S/C15H24N2O3S/c1-15(2,3)12-11(13(18)19)21-14(16-12)17(4)8-10-6-5-7-20-9-10/h10H,5-9H2,1-4H3,(H,18,19). The zero-order valence-electron chi connectivity index (χ0n) is 13.2. The van der Waals surface area contributed by atoms with Crippen molar-refractivity contribution >= 4 is 22.4 Å². The molecule has 118 valence electrons. The molecular weight excluding hydrogens is 288 g/mol. The van der Waals surface area contributed by atoms with E-state index in [2.05, 4.69) is 9.88 Å². The maximum atomic E-state index is 11.4. The van der Waals surface area contributed by atoms with Crippen LogP contribution in [0, 0.1) is 5.92 Å². The molecule has 1 aliphatic heterocycles. The molecule has 0 radical (unpaired) electrons. The number of hydrogen-bond acceptors (Lipinski definition) is 5. The van der Waals surface area contributed by atoms with Crippen molar-refractivity contribution in [3.63, 3.8) is 0 Å². The summed E-state index contributed by atoms with van der Waals surface area (Å²) in [6.45, 7) is 8.48. The number of anilines is 1. The second kappa shape index (κ2) is 6.32. The molecule has 6 heteroatoms. The van der Waals surface area contributed by atoms with Crippen molar-refractivity contribution in [3.8, 4) is 0 Å². The Morgan fingerprint density at radius 3 is 2.71 bits per heavy atom. The van der Waals surface area contributed by atoms with Crippen molar-refractivity contribution in [2.45, 2.75) is 39.0 Å². The lowest BCUT2D eigenvalue weighted by Gasteiger charge is -2.26. The highest BCUT2D eigenvalue weighted by atomic mass is 32.1. The normalized spacial score (nSPS) is 19.5. The van der Waals surface area contributed by atoms with Gasteiger partial charge in [-0.3, -0.25) is 0 Å². The molecule has 1 fully saturated rings. The number of carbonyl (C=O) groups is 1. The molecule has 1 N–H and O–H groups in total. The fourth-order valence-electron chi connectivity index (χ4n) is 2.54. The monoisotopic (exact) mass is 312 g/mol. The highest BCUT2D eigenvalue weighted by Crippen LogP contribution is 2.34. The summed E-state index contributed by atoms with van der Waals surface area (Å²) < 4.78 is 5.50. The average molecular weight is 312 g/mol. The lowest BCUT2D eigenvalue weighted by molar-refractivity contribution is 0.0576. The number of thiazole rings is 1. The lowest BCUT2D eigenvalue weighted by atomic mass is 9.91. The molecule has 1 aromatic heterocycles. The van der Waals surface area contributed by atoms with Gasteiger partial charge in [-0.15, -0.1) is 0 Å². The Kier molecular flexibility index (Phi) is 4.88. The Morgan fingerprint density at radius 2 is 2.24 bits per heavy atom. The molecule has 0 aliphatic carbocycles. The SMILES string of the molecule is CN(CC1CCCOC1)c1nc(C(C)(C)C)c(C(=O)O)s1. The third-order valence-corrected chi connectivity index (χ3v) is 4.79. The van der Waals surface area contributed by atoms with Gasteiger partial charge in [0.15, 0.2) is 5.13 Å². The molecule has 1 atom stereocenters. The molecule has 0 aromatic carbocycles. The number of aromatic nitrogens is 1. The summed E-state index contributed by atoms with van der Waals surface area (Å²) >= 11 is 1.27. The molecular formula is C15H24N2O3S. The zero-order chi connectivity index (χ0) is 15.6. The van der Waals surface area contributed by atoms with Gasteiger partial charge in [0.05, 0.1) is 12.3 Å². The van der Waals surface area contributed by atoms with E-state index in [1.165, 1.54) is 11.3 Å². The highest BCUT2D eigenvalue weighted by Gasteiger charge is 2.28. The molecule has 0 saturated carbocycles. The third kappa shape index (κ3) is 3.95. The van der Waals surface area contributed by atoms with Crippen LogP contribution in [0.5, 0.6) is 0 Å². The van der Waals surface area contributed by atoms with Crippen LogP contribution in [0.1, 0.15) is 49.0 Å². The van der Waals surface area contributed by atoms with Crippen molar-refractivity contribution in [2.24, 2.45) is 5.92 Å². The van der Waals surface area contributed by atoms with Gasteiger partial charge in [0, 0.05) is 25.6 Å². The second-order valence-corrected chi connectivity index (χ2v) is 7.67. The van der Waals surface area contributed by atoms with Crippen LogP contribution in [-0.4, -0.2) is 42.9 Å². The van der Waals surface area contributed by atoms with E-state index in [0.29, 0.717) is 16.5 Å². The summed E-state index contributed by atoms with van der Waals surface area (Å²) in [6.07, 6.45) is 2.26. The van der Waals surface area contributed by atoms with Gasteiger partial charge < -0.3 is 14.7 Å². The van der Waals surface area contributed by atoms with Crippen LogP contribution in [0.15, 0.2) is 0 Å². The minimum Gasteiger partial charge on any atom is -0.477 e. The maximum absolute atomic E-state index is 11.4. The van der Waals surface area contributed by atoms with Gasteiger partial charge in [-0.2, -0.15) is 0 Å². The van der Waals surface area contributed by atoms with E-state index in [4.69, 9.17) is 4.74 Å². The van der Waals surface area contributed by atoms with Gasteiger partial charge in [0.1, 0.15) is 4.88 Å². The molecule has 0 bridgehead atoms. The Balaban J connectivity index is 2.17. The predicted molar refractivity (Wildman–Crippen MR) is 84.6 cm³/mol. The molecule has 0 amide bonds. The van der Waals surface area contributed by atoms with Crippen molar-refractivity contribution in [2.75, 3.05) is 31.7 Å². The largest absolute Gasteiger partial charge is 0.477 e. The van der Waals surface area contributed by atoms with Crippen LogP contribution in [0.4, 0.5) is 5.13 Å². The van der Waals surface area contributed by atoms with Crippen molar-refractivity contribution in [3.05, 3.63) is 10.6 Å².